The summed E-state index contributed by atoms with van der Waals surface area (Å²) >= 11 is 1.56. The third-order valence-electron chi connectivity index (χ3n) is 3.29. The molecule has 0 spiro atoms. The average Bonchev–Trinajstić information content (AvgIpc) is 2.99. The van der Waals surface area contributed by atoms with Crippen molar-refractivity contribution in [2.24, 2.45) is 0 Å². The van der Waals surface area contributed by atoms with Gasteiger partial charge in [0.05, 0.1) is 6.10 Å². The van der Waals surface area contributed by atoms with Gasteiger partial charge in [-0.3, -0.25) is 0 Å². The van der Waals surface area contributed by atoms with E-state index < -0.39 is 15.3 Å². The van der Waals surface area contributed by atoms with Gasteiger partial charge in [0.15, 0.2) is 0 Å². The molecule has 1 saturated heterocycles. The predicted molar refractivity (Wildman–Crippen MR) is 77.7 cm³/mol. The molecule has 6 heteroatoms. The van der Waals surface area contributed by atoms with Crippen LogP contribution in [-0.4, -0.2) is 37.2 Å². The van der Waals surface area contributed by atoms with E-state index in [9.17, 15) is 8.42 Å². The molecule has 0 amide bonds. The van der Waals surface area contributed by atoms with Crippen LogP contribution in [-0.2, 0) is 21.3 Å². The molecule has 19 heavy (non-hydrogen) atoms. The predicted octanol–water partition coefficient (Wildman–Crippen LogP) is 2.24. The molecule has 4 nitrogen and oxygen atoms in total. The highest BCUT2D eigenvalue weighted by Crippen LogP contribution is 2.25. The Morgan fingerprint density at radius 2 is 2.42 bits per heavy atom. The number of thiophene rings is 1. The van der Waals surface area contributed by atoms with Crippen LogP contribution in [0.1, 0.15) is 18.2 Å². The summed E-state index contributed by atoms with van der Waals surface area (Å²) in [7, 11) is -3.34. The molecule has 0 aliphatic carbocycles. The molecule has 1 aliphatic rings. The minimum Gasteiger partial charge on any atom is -0.377 e. The van der Waals surface area contributed by atoms with Crippen molar-refractivity contribution in [2.75, 3.05) is 13.2 Å². The van der Waals surface area contributed by atoms with Crippen LogP contribution in [0, 0.1) is 0 Å². The Morgan fingerprint density at radius 3 is 2.95 bits per heavy atom. The zero-order valence-corrected chi connectivity index (χ0v) is 12.6. The summed E-state index contributed by atoms with van der Waals surface area (Å²) in [5, 5.41) is 1.52. The first kappa shape index (κ1) is 14.7. The fourth-order valence-electron chi connectivity index (χ4n) is 2.27. The number of sulfonamides is 1. The molecule has 0 aromatic carbocycles. The van der Waals surface area contributed by atoms with E-state index in [0.29, 0.717) is 26.1 Å². The zero-order chi connectivity index (χ0) is 13.9. The van der Waals surface area contributed by atoms with E-state index in [1.54, 1.807) is 17.4 Å². The standard InChI is InChI=1S/C13H19NO3S2/c1-3-7-14(10-12-5-4-9-18-12)19(15,16)13-6-8-17-11(13)2/h3-5,9,11,13H,1,6-8,10H2,2H3/t11-,13-/m0/s1. The molecule has 0 saturated carbocycles. The monoisotopic (exact) mass is 301 g/mol. The van der Waals surface area contributed by atoms with Crippen molar-refractivity contribution in [1.82, 2.24) is 4.31 Å². The molecule has 0 bridgehead atoms. The summed E-state index contributed by atoms with van der Waals surface area (Å²) in [4.78, 5) is 1.04. The maximum atomic E-state index is 12.7. The van der Waals surface area contributed by atoms with Crippen LogP contribution in [0.25, 0.3) is 0 Å². The molecule has 1 aromatic heterocycles. The number of hydrogen-bond donors (Lipinski definition) is 0. The normalized spacial score (nSPS) is 23.9. The minimum atomic E-state index is -3.34. The van der Waals surface area contributed by atoms with Crippen LogP contribution in [0.5, 0.6) is 0 Å². The second kappa shape index (κ2) is 6.17. The van der Waals surface area contributed by atoms with Crippen LogP contribution >= 0.6 is 11.3 Å². The van der Waals surface area contributed by atoms with E-state index in [-0.39, 0.29) is 6.10 Å². The van der Waals surface area contributed by atoms with Gasteiger partial charge in [-0.25, -0.2) is 8.42 Å². The fourth-order valence-corrected chi connectivity index (χ4v) is 5.05. The van der Waals surface area contributed by atoms with Gasteiger partial charge in [0.2, 0.25) is 10.0 Å². The Kier molecular flexibility index (Phi) is 4.78. The Balaban J connectivity index is 2.19. The van der Waals surface area contributed by atoms with Gasteiger partial charge in [0, 0.05) is 24.6 Å². The number of nitrogens with zero attached hydrogens (tertiary/aromatic N) is 1. The summed E-state index contributed by atoms with van der Waals surface area (Å²) in [5.74, 6) is 0. The van der Waals surface area contributed by atoms with Gasteiger partial charge in [-0.15, -0.1) is 17.9 Å². The van der Waals surface area contributed by atoms with Crippen molar-refractivity contribution in [3.8, 4) is 0 Å². The SMILES string of the molecule is C=CCN(Cc1cccs1)S(=O)(=O)[C@H]1CCO[C@H]1C. The zero-order valence-electron chi connectivity index (χ0n) is 11.0. The Hall–Kier alpha value is -0.690. The summed E-state index contributed by atoms with van der Waals surface area (Å²) in [5.41, 5.74) is 0. The quantitative estimate of drug-likeness (QED) is 0.757. The molecule has 2 atom stereocenters. The van der Waals surface area contributed by atoms with Crippen molar-refractivity contribution in [1.29, 1.82) is 0 Å². The molecule has 2 rings (SSSR count). The number of rotatable bonds is 6. The molecule has 0 unspecified atom stereocenters. The third-order valence-corrected chi connectivity index (χ3v) is 6.54. The first-order valence-corrected chi connectivity index (χ1v) is 8.68. The molecule has 1 fully saturated rings. The minimum absolute atomic E-state index is 0.236. The second-order valence-electron chi connectivity index (χ2n) is 4.61. The van der Waals surface area contributed by atoms with Crippen molar-refractivity contribution >= 4 is 21.4 Å². The Bertz CT molecular complexity index is 510. The molecule has 0 N–H and O–H groups in total. The lowest BCUT2D eigenvalue weighted by atomic mass is 10.3. The molecule has 106 valence electrons. The number of hydrogen-bond acceptors (Lipinski definition) is 4. The lowest BCUT2D eigenvalue weighted by Gasteiger charge is -2.25. The van der Waals surface area contributed by atoms with Crippen LogP contribution < -0.4 is 0 Å². The van der Waals surface area contributed by atoms with E-state index in [4.69, 9.17) is 4.74 Å². The van der Waals surface area contributed by atoms with E-state index in [0.717, 1.165) is 4.88 Å². The van der Waals surface area contributed by atoms with E-state index in [1.165, 1.54) is 4.31 Å². The largest absolute Gasteiger partial charge is 0.377 e. The van der Waals surface area contributed by atoms with Crippen LogP contribution in [0.4, 0.5) is 0 Å². The van der Waals surface area contributed by atoms with Gasteiger partial charge in [0.25, 0.3) is 0 Å². The lowest BCUT2D eigenvalue weighted by Crippen LogP contribution is -2.41. The van der Waals surface area contributed by atoms with Gasteiger partial charge >= 0.3 is 0 Å². The molecule has 1 aromatic rings. The van der Waals surface area contributed by atoms with E-state index >= 15 is 0 Å². The molecular weight excluding hydrogens is 282 g/mol. The highest BCUT2D eigenvalue weighted by atomic mass is 32.2. The number of ether oxygens (including phenoxy) is 1. The Labute approximate surface area is 118 Å². The highest BCUT2D eigenvalue weighted by molar-refractivity contribution is 7.89. The van der Waals surface area contributed by atoms with Gasteiger partial charge in [-0.05, 0) is 24.8 Å². The first-order chi connectivity index (χ1) is 9.05. The van der Waals surface area contributed by atoms with E-state index in [2.05, 4.69) is 6.58 Å². The van der Waals surface area contributed by atoms with Gasteiger partial charge < -0.3 is 4.74 Å². The maximum Gasteiger partial charge on any atom is 0.220 e. The van der Waals surface area contributed by atoms with Crippen molar-refractivity contribution < 1.29 is 13.2 Å². The second-order valence-corrected chi connectivity index (χ2v) is 7.79. The molecular formula is C13H19NO3S2. The third kappa shape index (κ3) is 3.25. The van der Waals surface area contributed by atoms with E-state index in [1.807, 2.05) is 24.4 Å². The van der Waals surface area contributed by atoms with Crippen LogP contribution in [0.2, 0.25) is 0 Å². The Morgan fingerprint density at radius 1 is 1.63 bits per heavy atom. The summed E-state index contributed by atoms with van der Waals surface area (Å²) in [6, 6.07) is 3.88. The summed E-state index contributed by atoms with van der Waals surface area (Å²) < 4.78 is 32.2. The fraction of sp³-hybridized carbons (Fsp3) is 0.538. The van der Waals surface area contributed by atoms with Gasteiger partial charge in [0.1, 0.15) is 5.25 Å². The molecule has 1 aliphatic heterocycles. The summed E-state index contributed by atoms with van der Waals surface area (Å²) in [6.07, 6.45) is 1.97. The molecule has 2 heterocycles. The smallest absolute Gasteiger partial charge is 0.220 e. The van der Waals surface area contributed by atoms with Crippen LogP contribution in [0.3, 0.4) is 0 Å². The van der Waals surface area contributed by atoms with Crippen molar-refractivity contribution in [3.63, 3.8) is 0 Å². The first-order valence-electron chi connectivity index (χ1n) is 6.29. The topological polar surface area (TPSA) is 46.6 Å². The highest BCUT2D eigenvalue weighted by Gasteiger charge is 2.39. The lowest BCUT2D eigenvalue weighted by molar-refractivity contribution is 0.125. The maximum absolute atomic E-state index is 12.7. The van der Waals surface area contributed by atoms with Crippen molar-refractivity contribution in [3.05, 3.63) is 35.0 Å². The van der Waals surface area contributed by atoms with Gasteiger partial charge in [-0.1, -0.05) is 12.1 Å². The summed E-state index contributed by atoms with van der Waals surface area (Å²) in [6.45, 7) is 6.75. The average molecular weight is 301 g/mol. The van der Waals surface area contributed by atoms with Gasteiger partial charge in [-0.2, -0.15) is 4.31 Å². The molecule has 0 radical (unpaired) electrons. The van der Waals surface area contributed by atoms with Crippen LogP contribution in [0.15, 0.2) is 30.2 Å². The van der Waals surface area contributed by atoms with Crippen molar-refractivity contribution in [2.45, 2.75) is 31.2 Å².